The molecule has 2 aromatic heterocycles. The lowest BCUT2D eigenvalue weighted by atomic mass is 10.3. The monoisotopic (exact) mass is 439 g/mol. The molecule has 0 unspecified atom stereocenters. The van der Waals surface area contributed by atoms with Gasteiger partial charge in [0.1, 0.15) is 4.90 Å². The first-order valence-corrected chi connectivity index (χ1v) is 11.6. The van der Waals surface area contributed by atoms with Crippen LogP contribution >= 0.6 is 0 Å². The lowest BCUT2D eigenvalue weighted by Crippen LogP contribution is -2.15. The van der Waals surface area contributed by atoms with Crippen LogP contribution in [0.15, 0.2) is 44.8 Å². The van der Waals surface area contributed by atoms with E-state index in [-0.39, 0.29) is 21.4 Å². The smallest absolute Gasteiger partial charge is 0.265 e. The Bertz CT molecular complexity index is 1240. The molecule has 156 valence electrons. The maximum Gasteiger partial charge on any atom is 0.265 e. The lowest BCUT2D eigenvalue weighted by Gasteiger charge is -2.09. The average molecular weight is 440 g/mol. The highest BCUT2D eigenvalue weighted by molar-refractivity contribution is 7.93. The summed E-state index contributed by atoms with van der Waals surface area (Å²) in [5.41, 5.74) is 1.76. The summed E-state index contributed by atoms with van der Waals surface area (Å²) < 4.78 is 61.5. The molecule has 0 fully saturated rings. The van der Waals surface area contributed by atoms with E-state index in [0.717, 1.165) is 0 Å². The molecule has 2 heterocycles. The van der Waals surface area contributed by atoms with Gasteiger partial charge in [0, 0.05) is 24.0 Å². The molecular weight excluding hydrogens is 418 g/mol. The van der Waals surface area contributed by atoms with Crippen molar-refractivity contribution in [3.8, 4) is 0 Å². The fraction of sp³-hybridized carbons (Fsp3) is 0.294. The molecule has 29 heavy (non-hydrogen) atoms. The number of rotatable bonds is 7. The van der Waals surface area contributed by atoms with Crippen molar-refractivity contribution in [1.82, 2.24) is 14.9 Å². The highest BCUT2D eigenvalue weighted by Crippen LogP contribution is 2.24. The molecule has 1 aromatic carbocycles. The molecule has 12 heteroatoms. The fourth-order valence-electron chi connectivity index (χ4n) is 2.53. The summed E-state index contributed by atoms with van der Waals surface area (Å²) in [5, 5.41) is 7.83. The first-order chi connectivity index (χ1) is 13.5. The third-order valence-corrected chi connectivity index (χ3v) is 7.15. The molecule has 0 atom stereocenters. The normalized spacial score (nSPS) is 12.1. The van der Waals surface area contributed by atoms with Crippen molar-refractivity contribution in [2.75, 3.05) is 9.44 Å². The number of aromatic nitrogens is 3. The van der Waals surface area contributed by atoms with Gasteiger partial charge < -0.3 is 4.52 Å². The van der Waals surface area contributed by atoms with Crippen molar-refractivity contribution in [1.29, 1.82) is 0 Å². The molecule has 3 aromatic rings. The van der Waals surface area contributed by atoms with Gasteiger partial charge in [-0.25, -0.2) is 21.6 Å². The molecule has 0 saturated heterocycles. The van der Waals surface area contributed by atoms with Gasteiger partial charge in [0.25, 0.3) is 20.0 Å². The summed E-state index contributed by atoms with van der Waals surface area (Å²) in [7, 11) is -7.77. The molecule has 0 saturated carbocycles. The molecule has 0 bridgehead atoms. The quantitative estimate of drug-likeness (QED) is 0.577. The van der Waals surface area contributed by atoms with E-state index in [1.54, 1.807) is 20.8 Å². The minimum absolute atomic E-state index is 0.0377. The van der Waals surface area contributed by atoms with Gasteiger partial charge in [-0.1, -0.05) is 5.16 Å². The summed E-state index contributed by atoms with van der Waals surface area (Å²) in [6.07, 6.45) is 1.45. The topological polar surface area (TPSA) is 136 Å². The predicted molar refractivity (Wildman–Crippen MR) is 107 cm³/mol. The zero-order valence-corrected chi connectivity index (χ0v) is 17.9. The number of hydrogen-bond acceptors (Lipinski definition) is 7. The van der Waals surface area contributed by atoms with Crippen molar-refractivity contribution in [3.05, 3.63) is 47.4 Å². The number of hydrogen-bond donors (Lipinski definition) is 2. The molecule has 0 aliphatic rings. The molecule has 0 spiro atoms. The van der Waals surface area contributed by atoms with Crippen LogP contribution in [0.2, 0.25) is 0 Å². The highest BCUT2D eigenvalue weighted by atomic mass is 32.2. The van der Waals surface area contributed by atoms with Gasteiger partial charge in [-0.3, -0.25) is 9.40 Å². The van der Waals surface area contributed by atoms with E-state index in [1.807, 2.05) is 6.92 Å². The van der Waals surface area contributed by atoms with Crippen LogP contribution < -0.4 is 9.44 Å². The number of benzene rings is 1. The first kappa shape index (κ1) is 20.9. The fourth-order valence-corrected chi connectivity index (χ4v) is 4.82. The molecule has 10 nitrogen and oxygen atoms in total. The molecule has 0 aliphatic heterocycles. The summed E-state index contributed by atoms with van der Waals surface area (Å²) in [4.78, 5) is 0.0118. The van der Waals surface area contributed by atoms with Crippen molar-refractivity contribution in [2.24, 2.45) is 0 Å². The second-order valence-corrected chi connectivity index (χ2v) is 9.73. The van der Waals surface area contributed by atoms with E-state index in [1.165, 1.54) is 35.1 Å². The molecule has 0 radical (unpaired) electrons. The number of nitrogens with zero attached hydrogens (tertiary/aromatic N) is 3. The first-order valence-electron chi connectivity index (χ1n) is 8.66. The van der Waals surface area contributed by atoms with Crippen LogP contribution in [0.25, 0.3) is 0 Å². The summed E-state index contributed by atoms with van der Waals surface area (Å²) in [6, 6.07) is 5.32. The van der Waals surface area contributed by atoms with E-state index in [2.05, 4.69) is 19.7 Å². The van der Waals surface area contributed by atoms with E-state index in [0.29, 0.717) is 23.5 Å². The minimum atomic E-state index is -3.92. The van der Waals surface area contributed by atoms with Crippen molar-refractivity contribution in [3.63, 3.8) is 0 Å². The number of nitrogens with one attached hydrogen (secondary N) is 2. The summed E-state index contributed by atoms with van der Waals surface area (Å²) in [5.74, 6) is 0.0377. The van der Waals surface area contributed by atoms with E-state index in [4.69, 9.17) is 4.52 Å². The number of sulfonamides is 2. The third kappa shape index (κ3) is 4.27. The van der Waals surface area contributed by atoms with Crippen LogP contribution in [-0.4, -0.2) is 31.8 Å². The molecule has 0 aliphatic carbocycles. The maximum absolute atomic E-state index is 12.6. The van der Waals surface area contributed by atoms with Gasteiger partial charge in [0.05, 0.1) is 16.3 Å². The van der Waals surface area contributed by atoms with Crippen LogP contribution in [0.4, 0.5) is 11.6 Å². The largest absolute Gasteiger partial charge is 0.337 e. The molecule has 3 rings (SSSR count). The van der Waals surface area contributed by atoms with Crippen LogP contribution in [0.1, 0.15) is 23.9 Å². The highest BCUT2D eigenvalue weighted by Gasteiger charge is 2.22. The Morgan fingerprint density at radius 3 is 2.14 bits per heavy atom. The van der Waals surface area contributed by atoms with E-state index in [9.17, 15) is 16.8 Å². The van der Waals surface area contributed by atoms with Crippen molar-refractivity contribution >= 4 is 31.6 Å². The summed E-state index contributed by atoms with van der Waals surface area (Å²) in [6.45, 7) is 7.38. The second kappa shape index (κ2) is 7.52. The second-order valence-electron chi connectivity index (χ2n) is 6.39. The Morgan fingerprint density at radius 1 is 0.966 bits per heavy atom. The van der Waals surface area contributed by atoms with Gasteiger partial charge in [-0.05, 0) is 52.0 Å². The Kier molecular flexibility index (Phi) is 5.41. The average Bonchev–Trinajstić information content (AvgIpc) is 3.19. The number of anilines is 2. The lowest BCUT2D eigenvalue weighted by molar-refractivity contribution is 0.430. The van der Waals surface area contributed by atoms with Gasteiger partial charge in [0.2, 0.25) is 5.88 Å². The van der Waals surface area contributed by atoms with Crippen LogP contribution in [-0.2, 0) is 26.6 Å². The Morgan fingerprint density at radius 2 is 1.62 bits per heavy atom. The van der Waals surface area contributed by atoms with Gasteiger partial charge in [-0.15, -0.1) is 0 Å². The standard InChI is InChI=1S/C17H21N5O5S2/c1-5-22-10-16(13(4)18-22)29(25,26)20-14-6-8-15(9-7-14)28(23,24)21-17-11(2)12(3)19-27-17/h6-10,20-21H,5H2,1-4H3. The Balaban J connectivity index is 1.80. The van der Waals surface area contributed by atoms with E-state index >= 15 is 0 Å². The zero-order valence-electron chi connectivity index (χ0n) is 16.3. The van der Waals surface area contributed by atoms with E-state index < -0.39 is 20.0 Å². The van der Waals surface area contributed by atoms with Crippen LogP contribution in [0.5, 0.6) is 0 Å². The van der Waals surface area contributed by atoms with Gasteiger partial charge in [-0.2, -0.15) is 5.10 Å². The van der Waals surface area contributed by atoms with Crippen LogP contribution in [0, 0.1) is 20.8 Å². The van der Waals surface area contributed by atoms with Crippen molar-refractivity contribution in [2.45, 2.75) is 44.0 Å². The SMILES string of the molecule is CCn1cc(S(=O)(=O)Nc2ccc(S(=O)(=O)Nc3onc(C)c3C)cc2)c(C)n1. The molecule has 0 amide bonds. The van der Waals surface area contributed by atoms with Gasteiger partial charge >= 0.3 is 0 Å². The molecule has 2 N–H and O–H groups in total. The Hall–Kier alpha value is -2.86. The maximum atomic E-state index is 12.6. The number of aryl methyl sites for hydroxylation is 3. The summed E-state index contributed by atoms with van der Waals surface area (Å²) >= 11 is 0. The van der Waals surface area contributed by atoms with Crippen molar-refractivity contribution < 1.29 is 21.4 Å². The van der Waals surface area contributed by atoms with Crippen LogP contribution in [0.3, 0.4) is 0 Å². The third-order valence-electron chi connectivity index (χ3n) is 4.32. The predicted octanol–water partition coefficient (Wildman–Crippen LogP) is 2.42. The van der Waals surface area contributed by atoms with Gasteiger partial charge in [0.15, 0.2) is 0 Å². The minimum Gasteiger partial charge on any atom is -0.337 e. The molecular formula is C17H21N5O5S2. The zero-order chi connectivity index (χ0) is 21.4. The Labute approximate surface area is 169 Å².